The van der Waals surface area contributed by atoms with Gasteiger partial charge in [0.1, 0.15) is 18.7 Å². The molecule has 0 saturated carbocycles. The lowest BCUT2D eigenvalue weighted by atomic mass is 10.3. The van der Waals surface area contributed by atoms with Crippen molar-refractivity contribution in [1.82, 2.24) is 15.0 Å². The Kier molecular flexibility index (Phi) is 2.73. The molecular formula is C10H10N4O. The zero-order chi connectivity index (χ0) is 10.5. The summed E-state index contributed by atoms with van der Waals surface area (Å²) in [5, 5.41) is 0. The first kappa shape index (κ1) is 9.39. The number of hydrogen-bond donors (Lipinski definition) is 1. The molecule has 0 aliphatic rings. The van der Waals surface area contributed by atoms with Crippen molar-refractivity contribution in [3.63, 3.8) is 0 Å². The molecule has 1 aromatic carbocycles. The predicted molar refractivity (Wildman–Crippen MR) is 55.0 cm³/mol. The molecule has 0 radical (unpaired) electrons. The van der Waals surface area contributed by atoms with Crippen molar-refractivity contribution in [2.24, 2.45) is 0 Å². The Labute approximate surface area is 87.0 Å². The first-order chi connectivity index (χ1) is 7.34. The first-order valence-corrected chi connectivity index (χ1v) is 4.46. The number of ether oxygens (including phenoxy) is 1. The van der Waals surface area contributed by atoms with E-state index in [1.165, 1.54) is 6.33 Å². The van der Waals surface area contributed by atoms with Gasteiger partial charge in [-0.05, 0) is 12.1 Å². The molecule has 5 nitrogen and oxygen atoms in total. The van der Waals surface area contributed by atoms with E-state index >= 15 is 0 Å². The van der Waals surface area contributed by atoms with Crippen molar-refractivity contribution < 1.29 is 4.74 Å². The van der Waals surface area contributed by atoms with Gasteiger partial charge in [-0.3, -0.25) is 0 Å². The fourth-order valence-corrected chi connectivity index (χ4v) is 1.08. The zero-order valence-corrected chi connectivity index (χ0v) is 8.00. The van der Waals surface area contributed by atoms with Crippen LogP contribution in [0.3, 0.4) is 0 Å². The summed E-state index contributed by atoms with van der Waals surface area (Å²) in [6.45, 7) is 0.288. The maximum Gasteiger partial charge on any atom is 0.223 e. The van der Waals surface area contributed by atoms with Crippen LogP contribution in [0.1, 0.15) is 5.82 Å². The Bertz CT molecular complexity index is 432. The molecule has 2 aromatic rings. The number of nitrogens with two attached hydrogens (primary N) is 1. The van der Waals surface area contributed by atoms with E-state index in [-0.39, 0.29) is 12.6 Å². The monoisotopic (exact) mass is 202 g/mol. The zero-order valence-electron chi connectivity index (χ0n) is 8.00. The van der Waals surface area contributed by atoms with Gasteiger partial charge in [0.2, 0.25) is 5.95 Å². The summed E-state index contributed by atoms with van der Waals surface area (Å²) in [6.07, 6.45) is 1.37. The van der Waals surface area contributed by atoms with Gasteiger partial charge >= 0.3 is 0 Å². The summed E-state index contributed by atoms with van der Waals surface area (Å²) in [5.74, 6) is 1.50. The van der Waals surface area contributed by atoms with E-state index < -0.39 is 0 Å². The number of para-hydroxylation sites is 1. The van der Waals surface area contributed by atoms with Gasteiger partial charge in [0.25, 0.3) is 0 Å². The molecule has 76 valence electrons. The highest BCUT2D eigenvalue weighted by Crippen LogP contribution is 2.09. The van der Waals surface area contributed by atoms with E-state index in [4.69, 9.17) is 10.5 Å². The number of rotatable bonds is 3. The lowest BCUT2D eigenvalue weighted by Gasteiger charge is -2.04. The van der Waals surface area contributed by atoms with Gasteiger partial charge in [-0.1, -0.05) is 18.2 Å². The fraction of sp³-hybridized carbons (Fsp3) is 0.100. The van der Waals surface area contributed by atoms with Crippen LogP contribution in [-0.2, 0) is 6.61 Å². The largest absolute Gasteiger partial charge is 0.486 e. The number of benzene rings is 1. The van der Waals surface area contributed by atoms with Crippen LogP contribution < -0.4 is 10.5 Å². The molecule has 0 atom stereocenters. The van der Waals surface area contributed by atoms with E-state index in [1.54, 1.807) is 0 Å². The number of aromatic nitrogens is 3. The molecule has 1 aromatic heterocycles. The highest BCUT2D eigenvalue weighted by atomic mass is 16.5. The average molecular weight is 202 g/mol. The Morgan fingerprint density at radius 3 is 2.67 bits per heavy atom. The van der Waals surface area contributed by atoms with Crippen LogP contribution in [-0.4, -0.2) is 15.0 Å². The topological polar surface area (TPSA) is 73.9 Å². The van der Waals surface area contributed by atoms with Crippen LogP contribution in [0.2, 0.25) is 0 Å². The van der Waals surface area contributed by atoms with Gasteiger partial charge in [0, 0.05) is 0 Å². The third-order valence-corrected chi connectivity index (χ3v) is 1.75. The second-order valence-corrected chi connectivity index (χ2v) is 2.86. The van der Waals surface area contributed by atoms with Gasteiger partial charge in [-0.25, -0.2) is 9.97 Å². The van der Waals surface area contributed by atoms with Crippen molar-refractivity contribution in [2.75, 3.05) is 5.73 Å². The number of hydrogen-bond acceptors (Lipinski definition) is 5. The number of nitrogens with zero attached hydrogens (tertiary/aromatic N) is 3. The standard InChI is InChI=1S/C10H10N4O/c11-10-13-7-12-9(14-10)6-15-8-4-2-1-3-5-8/h1-5,7H,6H2,(H2,11,12,13,14). The van der Waals surface area contributed by atoms with Crippen molar-refractivity contribution in [3.05, 3.63) is 42.5 Å². The second kappa shape index (κ2) is 4.36. The van der Waals surface area contributed by atoms with Crippen LogP contribution in [0, 0.1) is 0 Å². The summed E-state index contributed by atoms with van der Waals surface area (Å²) in [4.78, 5) is 11.5. The van der Waals surface area contributed by atoms with Gasteiger partial charge in [-0.2, -0.15) is 4.98 Å². The second-order valence-electron chi connectivity index (χ2n) is 2.86. The molecule has 1 heterocycles. The maximum atomic E-state index is 5.44. The van der Waals surface area contributed by atoms with Gasteiger partial charge in [-0.15, -0.1) is 0 Å². The summed E-state index contributed by atoms with van der Waals surface area (Å²) in [5.41, 5.74) is 5.41. The normalized spacial score (nSPS) is 9.87. The summed E-state index contributed by atoms with van der Waals surface area (Å²) >= 11 is 0. The van der Waals surface area contributed by atoms with E-state index in [0.717, 1.165) is 5.75 Å². The average Bonchev–Trinajstić information content (AvgIpc) is 2.28. The van der Waals surface area contributed by atoms with Crippen LogP contribution in [0.4, 0.5) is 5.95 Å². The predicted octanol–water partition coefficient (Wildman–Crippen LogP) is 1.03. The SMILES string of the molecule is Nc1ncnc(COc2ccccc2)n1. The van der Waals surface area contributed by atoms with Crippen molar-refractivity contribution >= 4 is 5.95 Å². The number of anilines is 1. The van der Waals surface area contributed by atoms with Gasteiger partial charge in [0.05, 0.1) is 0 Å². The van der Waals surface area contributed by atoms with Crippen LogP contribution in [0.5, 0.6) is 5.75 Å². The molecule has 0 unspecified atom stereocenters. The highest BCUT2D eigenvalue weighted by molar-refractivity contribution is 5.21. The molecule has 0 amide bonds. The minimum absolute atomic E-state index is 0.205. The Hall–Kier alpha value is -2.17. The molecule has 0 aliphatic heterocycles. The minimum atomic E-state index is 0.205. The third kappa shape index (κ3) is 2.63. The van der Waals surface area contributed by atoms with E-state index in [0.29, 0.717) is 5.82 Å². The summed E-state index contributed by atoms with van der Waals surface area (Å²) in [7, 11) is 0. The molecule has 0 spiro atoms. The summed E-state index contributed by atoms with van der Waals surface area (Å²) < 4.78 is 5.44. The minimum Gasteiger partial charge on any atom is -0.486 e. The van der Waals surface area contributed by atoms with Crippen LogP contribution >= 0.6 is 0 Å². The molecule has 0 saturated heterocycles. The van der Waals surface area contributed by atoms with Gasteiger partial charge in [0.15, 0.2) is 5.82 Å². The Morgan fingerprint density at radius 2 is 1.93 bits per heavy atom. The molecule has 0 fully saturated rings. The molecule has 0 bridgehead atoms. The Balaban J connectivity index is 1.99. The molecule has 5 heteroatoms. The Morgan fingerprint density at radius 1 is 1.13 bits per heavy atom. The third-order valence-electron chi connectivity index (χ3n) is 1.75. The van der Waals surface area contributed by atoms with Crippen molar-refractivity contribution in [3.8, 4) is 5.75 Å². The van der Waals surface area contributed by atoms with Crippen LogP contribution in [0.15, 0.2) is 36.7 Å². The molecule has 15 heavy (non-hydrogen) atoms. The maximum absolute atomic E-state index is 5.44. The van der Waals surface area contributed by atoms with E-state index in [2.05, 4.69) is 15.0 Å². The summed E-state index contributed by atoms with van der Waals surface area (Å²) in [6, 6.07) is 9.46. The lowest BCUT2D eigenvalue weighted by molar-refractivity contribution is 0.295. The first-order valence-electron chi connectivity index (χ1n) is 4.46. The van der Waals surface area contributed by atoms with E-state index in [9.17, 15) is 0 Å². The van der Waals surface area contributed by atoms with Gasteiger partial charge < -0.3 is 10.5 Å². The molecular weight excluding hydrogens is 192 g/mol. The smallest absolute Gasteiger partial charge is 0.223 e. The highest BCUT2D eigenvalue weighted by Gasteiger charge is 1.98. The molecule has 2 N–H and O–H groups in total. The van der Waals surface area contributed by atoms with E-state index in [1.807, 2.05) is 30.3 Å². The fourth-order valence-electron chi connectivity index (χ4n) is 1.08. The lowest BCUT2D eigenvalue weighted by Crippen LogP contribution is -2.05. The van der Waals surface area contributed by atoms with Crippen LogP contribution in [0.25, 0.3) is 0 Å². The van der Waals surface area contributed by atoms with Crippen molar-refractivity contribution in [2.45, 2.75) is 6.61 Å². The number of nitrogen functional groups attached to an aromatic ring is 1. The quantitative estimate of drug-likeness (QED) is 0.804. The molecule has 2 rings (SSSR count). The molecule has 0 aliphatic carbocycles. The van der Waals surface area contributed by atoms with Crippen molar-refractivity contribution in [1.29, 1.82) is 0 Å².